The summed E-state index contributed by atoms with van der Waals surface area (Å²) in [7, 11) is 0. The Balaban J connectivity index is 1.73. The van der Waals surface area contributed by atoms with Crippen molar-refractivity contribution in [3.8, 4) is 0 Å². The summed E-state index contributed by atoms with van der Waals surface area (Å²) in [5.74, 6) is -0.0415. The van der Waals surface area contributed by atoms with Gasteiger partial charge in [0, 0.05) is 20.3 Å². The van der Waals surface area contributed by atoms with Crippen molar-refractivity contribution in [2.75, 3.05) is 0 Å². The van der Waals surface area contributed by atoms with Gasteiger partial charge in [-0.2, -0.15) is 0 Å². The summed E-state index contributed by atoms with van der Waals surface area (Å²) in [6.07, 6.45) is 8.05. The summed E-state index contributed by atoms with van der Waals surface area (Å²) in [5, 5.41) is 3.00. The van der Waals surface area contributed by atoms with Crippen molar-refractivity contribution in [1.29, 1.82) is 0 Å². The number of ketones is 1. The Morgan fingerprint density at radius 2 is 1.53 bits per heavy atom. The molecule has 0 fully saturated rings. The zero-order valence-electron chi connectivity index (χ0n) is 18.2. The number of halogens is 1. The van der Waals surface area contributed by atoms with Crippen LogP contribution in [-0.2, 0) is 0 Å². The van der Waals surface area contributed by atoms with Crippen LogP contribution in [0.3, 0.4) is 0 Å². The van der Waals surface area contributed by atoms with Crippen molar-refractivity contribution in [3.63, 3.8) is 0 Å². The van der Waals surface area contributed by atoms with E-state index in [1.165, 1.54) is 0 Å². The highest BCUT2D eigenvalue weighted by Crippen LogP contribution is 2.29. The number of aromatic nitrogens is 1. The van der Waals surface area contributed by atoms with Gasteiger partial charge < -0.3 is 0 Å². The molecule has 5 aromatic rings. The van der Waals surface area contributed by atoms with E-state index in [9.17, 15) is 4.79 Å². The van der Waals surface area contributed by atoms with Crippen LogP contribution in [0.5, 0.6) is 0 Å². The molecule has 0 bridgehead atoms. The van der Waals surface area contributed by atoms with Crippen molar-refractivity contribution in [2.24, 2.45) is 0 Å². The molecule has 5 rings (SSSR count). The van der Waals surface area contributed by atoms with Gasteiger partial charge in [0.05, 0.1) is 16.8 Å². The summed E-state index contributed by atoms with van der Waals surface area (Å²) < 4.78 is 1.02. The quantitative estimate of drug-likeness (QED) is 0.209. The number of carbonyl (C=O) groups is 1. The first-order valence-electron chi connectivity index (χ1n) is 10.9. The predicted molar refractivity (Wildman–Crippen MR) is 148 cm³/mol. The molecule has 164 valence electrons. The second-order valence-corrected chi connectivity index (χ2v) is 9.63. The van der Waals surface area contributed by atoms with Crippen molar-refractivity contribution < 1.29 is 4.79 Å². The number of hydrogen-bond acceptors (Lipinski definition) is 3. The molecule has 0 aliphatic carbocycles. The summed E-state index contributed by atoms with van der Waals surface area (Å²) >= 11 is 5.15. The van der Waals surface area contributed by atoms with E-state index in [1.54, 1.807) is 11.3 Å². The number of nitrogens with zero attached hydrogens (tertiary/aromatic N) is 1. The Morgan fingerprint density at radius 3 is 2.29 bits per heavy atom. The molecule has 0 N–H and O–H groups in total. The minimum atomic E-state index is -0.0415. The number of benzene rings is 3. The molecule has 34 heavy (non-hydrogen) atoms. The van der Waals surface area contributed by atoms with Crippen LogP contribution < -0.4 is 0 Å². The SMILES string of the molecule is O=C(c1ccccc1)c1c(/C=C/c2ccc(Br)cc2)nc2ccccc2c1/C=C/c1cccs1. The van der Waals surface area contributed by atoms with Crippen LogP contribution in [0, 0.1) is 0 Å². The minimum Gasteiger partial charge on any atom is -0.289 e. The Hall–Kier alpha value is -3.60. The van der Waals surface area contributed by atoms with E-state index >= 15 is 0 Å². The Labute approximate surface area is 211 Å². The molecule has 0 radical (unpaired) electrons. The molecule has 4 heteroatoms. The first-order valence-corrected chi connectivity index (χ1v) is 12.5. The van der Waals surface area contributed by atoms with Crippen LogP contribution in [0.1, 0.15) is 37.6 Å². The molecule has 2 aromatic heterocycles. The second kappa shape index (κ2) is 10.1. The van der Waals surface area contributed by atoms with E-state index in [0.717, 1.165) is 31.4 Å². The standard InChI is InChI=1S/C30H20BrNOS/c31-23-15-12-21(13-16-23)14-19-28-29(30(33)22-7-2-1-3-8-22)26(18-17-24-9-6-20-34-24)25-10-4-5-11-27(25)32-28/h1-20H/b18-17+,19-14+. The maximum Gasteiger partial charge on any atom is 0.195 e. The van der Waals surface area contributed by atoms with Crippen LogP contribution in [-0.4, -0.2) is 10.8 Å². The molecular weight excluding hydrogens is 502 g/mol. The summed E-state index contributed by atoms with van der Waals surface area (Å²) in [5.41, 5.74) is 4.67. The highest BCUT2D eigenvalue weighted by Gasteiger charge is 2.20. The van der Waals surface area contributed by atoms with Gasteiger partial charge in [0.15, 0.2) is 5.78 Å². The van der Waals surface area contributed by atoms with Crippen LogP contribution in [0.4, 0.5) is 0 Å². The normalized spacial score (nSPS) is 11.6. The van der Waals surface area contributed by atoms with E-state index in [2.05, 4.69) is 28.1 Å². The van der Waals surface area contributed by atoms with Crippen LogP contribution in [0.25, 0.3) is 35.2 Å². The van der Waals surface area contributed by atoms with Gasteiger partial charge in [-0.25, -0.2) is 4.98 Å². The lowest BCUT2D eigenvalue weighted by atomic mass is 9.93. The molecule has 0 saturated carbocycles. The number of hydrogen-bond donors (Lipinski definition) is 0. The number of thiophene rings is 1. The molecule has 0 aliphatic rings. The molecular formula is C30H20BrNOS. The fraction of sp³-hybridized carbons (Fsp3) is 0. The molecule has 2 heterocycles. The average Bonchev–Trinajstić information content (AvgIpc) is 3.40. The molecule has 2 nitrogen and oxygen atoms in total. The molecule has 0 spiro atoms. The van der Waals surface area contributed by atoms with E-state index in [1.807, 2.05) is 109 Å². The Kier molecular flexibility index (Phi) is 6.61. The predicted octanol–water partition coefficient (Wildman–Crippen LogP) is 8.63. The molecule has 3 aromatic carbocycles. The zero-order valence-corrected chi connectivity index (χ0v) is 20.6. The summed E-state index contributed by atoms with van der Waals surface area (Å²) in [6.45, 7) is 0. The van der Waals surface area contributed by atoms with Crippen LogP contribution >= 0.6 is 27.3 Å². The number of rotatable bonds is 6. The maximum absolute atomic E-state index is 13.8. The fourth-order valence-electron chi connectivity index (χ4n) is 3.82. The summed E-state index contributed by atoms with van der Waals surface area (Å²) in [6, 6.07) is 29.5. The number of carbonyl (C=O) groups excluding carboxylic acids is 1. The molecule has 0 saturated heterocycles. The largest absolute Gasteiger partial charge is 0.289 e. The Bertz CT molecular complexity index is 1500. The maximum atomic E-state index is 13.8. The zero-order chi connectivity index (χ0) is 23.3. The van der Waals surface area contributed by atoms with Gasteiger partial charge in [-0.05, 0) is 52.9 Å². The average molecular weight is 522 g/mol. The number of pyridine rings is 1. The van der Waals surface area contributed by atoms with E-state index < -0.39 is 0 Å². The first kappa shape index (κ1) is 22.2. The molecule has 0 amide bonds. The van der Waals surface area contributed by atoms with E-state index in [-0.39, 0.29) is 5.78 Å². The van der Waals surface area contributed by atoms with Crippen LogP contribution in [0.2, 0.25) is 0 Å². The van der Waals surface area contributed by atoms with Gasteiger partial charge in [-0.3, -0.25) is 4.79 Å². The third-order valence-electron chi connectivity index (χ3n) is 5.48. The Morgan fingerprint density at radius 1 is 0.765 bits per heavy atom. The van der Waals surface area contributed by atoms with Crippen molar-refractivity contribution in [2.45, 2.75) is 0 Å². The van der Waals surface area contributed by atoms with Gasteiger partial charge in [-0.1, -0.05) is 94.8 Å². The lowest BCUT2D eigenvalue weighted by molar-refractivity contribution is 0.103. The number of fused-ring (bicyclic) bond motifs is 1. The first-order chi connectivity index (χ1) is 16.7. The van der Waals surface area contributed by atoms with Gasteiger partial charge in [0.1, 0.15) is 0 Å². The fourth-order valence-corrected chi connectivity index (χ4v) is 4.71. The second-order valence-electron chi connectivity index (χ2n) is 7.73. The minimum absolute atomic E-state index is 0.0415. The molecule has 0 aliphatic heterocycles. The van der Waals surface area contributed by atoms with Gasteiger partial charge in [0.2, 0.25) is 0 Å². The van der Waals surface area contributed by atoms with Gasteiger partial charge in [-0.15, -0.1) is 11.3 Å². The lowest BCUT2D eigenvalue weighted by Gasteiger charge is -2.13. The highest BCUT2D eigenvalue weighted by atomic mass is 79.9. The molecule has 0 atom stereocenters. The van der Waals surface area contributed by atoms with E-state index in [4.69, 9.17) is 4.98 Å². The number of para-hydroxylation sites is 1. The van der Waals surface area contributed by atoms with Crippen LogP contribution in [0.15, 0.2) is 101 Å². The van der Waals surface area contributed by atoms with Gasteiger partial charge >= 0.3 is 0 Å². The third kappa shape index (κ3) is 4.84. The topological polar surface area (TPSA) is 30.0 Å². The van der Waals surface area contributed by atoms with Crippen molar-refractivity contribution in [1.82, 2.24) is 4.98 Å². The van der Waals surface area contributed by atoms with Crippen molar-refractivity contribution >= 4 is 68.3 Å². The smallest absolute Gasteiger partial charge is 0.195 e. The highest BCUT2D eigenvalue weighted by molar-refractivity contribution is 9.10. The molecule has 0 unspecified atom stereocenters. The van der Waals surface area contributed by atoms with Crippen molar-refractivity contribution in [3.05, 3.63) is 134 Å². The summed E-state index contributed by atoms with van der Waals surface area (Å²) in [4.78, 5) is 19.9. The van der Waals surface area contributed by atoms with Gasteiger partial charge in [0.25, 0.3) is 0 Å². The monoisotopic (exact) mass is 521 g/mol. The lowest BCUT2D eigenvalue weighted by Crippen LogP contribution is -2.08. The van der Waals surface area contributed by atoms with E-state index in [0.29, 0.717) is 16.8 Å². The third-order valence-corrected chi connectivity index (χ3v) is 6.85.